The molecule has 0 bridgehead atoms. The Morgan fingerprint density at radius 2 is 2.27 bits per heavy atom. The predicted molar refractivity (Wildman–Crippen MR) is 62.2 cm³/mol. The number of nitrogens with two attached hydrogens (primary N) is 1. The van der Waals surface area contributed by atoms with E-state index in [2.05, 4.69) is 12.1 Å². The van der Waals surface area contributed by atoms with E-state index in [1.165, 1.54) is 0 Å². The van der Waals surface area contributed by atoms with E-state index >= 15 is 0 Å². The summed E-state index contributed by atoms with van der Waals surface area (Å²) >= 11 is 0. The molecule has 3 nitrogen and oxygen atoms in total. The summed E-state index contributed by atoms with van der Waals surface area (Å²) in [6.07, 6.45) is 2.93. The first-order valence-corrected chi connectivity index (χ1v) is 5.32. The summed E-state index contributed by atoms with van der Waals surface area (Å²) in [4.78, 5) is 0. The summed E-state index contributed by atoms with van der Waals surface area (Å²) in [5.41, 5.74) is 8.33. The van der Waals surface area contributed by atoms with E-state index in [9.17, 15) is 0 Å². The Labute approximate surface area is 90.6 Å². The summed E-state index contributed by atoms with van der Waals surface area (Å²) in [6, 6.07) is 7.83. The molecule has 82 valence electrons. The first-order chi connectivity index (χ1) is 7.31. The maximum atomic E-state index is 8.93. The van der Waals surface area contributed by atoms with Gasteiger partial charge in [-0.05, 0) is 30.0 Å². The van der Waals surface area contributed by atoms with E-state index in [1.807, 2.05) is 24.3 Å². The molecule has 0 heterocycles. The number of oxime groups is 1. The van der Waals surface area contributed by atoms with Crippen molar-refractivity contribution in [2.45, 2.75) is 32.7 Å². The number of rotatable bonds is 5. The van der Waals surface area contributed by atoms with E-state index in [4.69, 9.17) is 10.9 Å². The minimum absolute atomic E-state index is 0.514. The third-order valence-corrected chi connectivity index (χ3v) is 2.38. The van der Waals surface area contributed by atoms with E-state index in [1.54, 1.807) is 0 Å². The molecule has 0 aliphatic rings. The normalized spacial score (nSPS) is 11.7. The Hall–Kier alpha value is -1.35. The van der Waals surface area contributed by atoms with Gasteiger partial charge in [-0.1, -0.05) is 36.7 Å². The van der Waals surface area contributed by atoms with Gasteiger partial charge in [0.15, 0.2) is 0 Å². The molecule has 0 aliphatic heterocycles. The summed E-state index contributed by atoms with van der Waals surface area (Å²) < 4.78 is 0. The predicted octanol–water partition coefficient (Wildman–Crippen LogP) is 2.51. The van der Waals surface area contributed by atoms with Crippen molar-refractivity contribution in [2.75, 3.05) is 0 Å². The molecule has 0 spiro atoms. The summed E-state index contributed by atoms with van der Waals surface area (Å²) in [7, 11) is 0. The molecule has 1 aromatic carbocycles. The molecule has 0 atom stereocenters. The van der Waals surface area contributed by atoms with Gasteiger partial charge in [0.2, 0.25) is 0 Å². The van der Waals surface area contributed by atoms with Crippen LogP contribution in [-0.2, 0) is 6.54 Å². The lowest BCUT2D eigenvalue weighted by Gasteiger charge is -2.05. The lowest BCUT2D eigenvalue weighted by Crippen LogP contribution is -2.03. The molecule has 0 saturated heterocycles. The topological polar surface area (TPSA) is 58.6 Å². The van der Waals surface area contributed by atoms with Crippen LogP contribution in [0, 0.1) is 0 Å². The maximum Gasteiger partial charge on any atom is 0.0867 e. The Bertz CT molecular complexity index is 334. The van der Waals surface area contributed by atoms with Gasteiger partial charge in [-0.3, -0.25) is 0 Å². The zero-order valence-corrected chi connectivity index (χ0v) is 9.11. The minimum Gasteiger partial charge on any atom is -0.411 e. The van der Waals surface area contributed by atoms with Gasteiger partial charge < -0.3 is 10.9 Å². The molecule has 1 rings (SSSR count). The van der Waals surface area contributed by atoms with Crippen LogP contribution in [0.25, 0.3) is 0 Å². The molecule has 1 aromatic rings. The molecule has 15 heavy (non-hydrogen) atoms. The van der Waals surface area contributed by atoms with Crippen molar-refractivity contribution < 1.29 is 5.21 Å². The third kappa shape index (κ3) is 3.36. The van der Waals surface area contributed by atoms with Crippen molar-refractivity contribution in [1.82, 2.24) is 0 Å². The van der Waals surface area contributed by atoms with Gasteiger partial charge in [0.1, 0.15) is 0 Å². The van der Waals surface area contributed by atoms with E-state index in [-0.39, 0.29) is 0 Å². The van der Waals surface area contributed by atoms with Crippen LogP contribution in [-0.4, -0.2) is 10.9 Å². The summed E-state index contributed by atoms with van der Waals surface area (Å²) in [5.74, 6) is 0. The van der Waals surface area contributed by atoms with Crippen LogP contribution in [0.4, 0.5) is 0 Å². The highest BCUT2D eigenvalue weighted by Crippen LogP contribution is 2.10. The van der Waals surface area contributed by atoms with Crippen LogP contribution in [0.15, 0.2) is 29.4 Å². The van der Waals surface area contributed by atoms with Gasteiger partial charge in [-0.25, -0.2) is 0 Å². The van der Waals surface area contributed by atoms with Crippen LogP contribution in [0.5, 0.6) is 0 Å². The summed E-state index contributed by atoms with van der Waals surface area (Å²) in [6.45, 7) is 2.63. The molecule has 0 amide bonds. The number of hydrogen-bond acceptors (Lipinski definition) is 3. The van der Waals surface area contributed by atoms with E-state index in [0.717, 1.165) is 36.1 Å². The molecule has 0 radical (unpaired) electrons. The zero-order valence-electron chi connectivity index (χ0n) is 9.11. The lowest BCUT2D eigenvalue weighted by molar-refractivity contribution is 0.318. The molecule has 0 unspecified atom stereocenters. The van der Waals surface area contributed by atoms with Crippen molar-refractivity contribution in [2.24, 2.45) is 10.9 Å². The van der Waals surface area contributed by atoms with E-state index in [0.29, 0.717) is 6.54 Å². The highest BCUT2D eigenvalue weighted by atomic mass is 16.4. The van der Waals surface area contributed by atoms with Crippen molar-refractivity contribution in [3.8, 4) is 0 Å². The van der Waals surface area contributed by atoms with Crippen LogP contribution in [0.3, 0.4) is 0 Å². The Balaban J connectivity index is 2.82. The molecular weight excluding hydrogens is 188 g/mol. The molecule has 0 aliphatic carbocycles. The third-order valence-electron chi connectivity index (χ3n) is 2.38. The van der Waals surface area contributed by atoms with Gasteiger partial charge in [-0.2, -0.15) is 0 Å². The van der Waals surface area contributed by atoms with Gasteiger partial charge in [0, 0.05) is 6.54 Å². The first-order valence-electron chi connectivity index (χ1n) is 5.32. The molecule has 0 aromatic heterocycles. The number of unbranched alkanes of at least 4 members (excludes halogenated alkanes) is 1. The minimum atomic E-state index is 0.514. The van der Waals surface area contributed by atoms with Crippen molar-refractivity contribution >= 4 is 5.71 Å². The quantitative estimate of drug-likeness (QED) is 0.442. The van der Waals surface area contributed by atoms with Crippen LogP contribution in [0.2, 0.25) is 0 Å². The maximum absolute atomic E-state index is 8.93. The van der Waals surface area contributed by atoms with Gasteiger partial charge in [-0.15, -0.1) is 0 Å². The fraction of sp³-hybridized carbons (Fsp3) is 0.417. The molecule has 0 saturated carbocycles. The van der Waals surface area contributed by atoms with Gasteiger partial charge in [0.05, 0.1) is 5.71 Å². The Morgan fingerprint density at radius 1 is 1.47 bits per heavy atom. The highest BCUT2D eigenvalue weighted by Gasteiger charge is 2.04. The van der Waals surface area contributed by atoms with E-state index < -0.39 is 0 Å². The Kier molecular flexibility index (Phi) is 4.84. The van der Waals surface area contributed by atoms with Gasteiger partial charge >= 0.3 is 0 Å². The fourth-order valence-electron chi connectivity index (χ4n) is 1.47. The largest absolute Gasteiger partial charge is 0.411 e. The second-order valence-electron chi connectivity index (χ2n) is 3.55. The second-order valence-corrected chi connectivity index (χ2v) is 3.55. The number of nitrogens with zero attached hydrogens (tertiary/aromatic N) is 1. The average molecular weight is 206 g/mol. The van der Waals surface area contributed by atoms with Crippen molar-refractivity contribution in [1.29, 1.82) is 0 Å². The zero-order chi connectivity index (χ0) is 11.1. The lowest BCUT2D eigenvalue weighted by atomic mass is 10.0. The molecule has 3 heteroatoms. The molecule has 0 fully saturated rings. The summed E-state index contributed by atoms with van der Waals surface area (Å²) in [5, 5.41) is 12.3. The Morgan fingerprint density at radius 3 is 2.87 bits per heavy atom. The number of hydrogen-bond donors (Lipinski definition) is 2. The van der Waals surface area contributed by atoms with Gasteiger partial charge in [0.25, 0.3) is 0 Å². The van der Waals surface area contributed by atoms with Crippen molar-refractivity contribution in [3.05, 3.63) is 35.4 Å². The van der Waals surface area contributed by atoms with Crippen LogP contribution >= 0.6 is 0 Å². The number of benzene rings is 1. The van der Waals surface area contributed by atoms with Crippen LogP contribution < -0.4 is 5.73 Å². The smallest absolute Gasteiger partial charge is 0.0867 e. The monoisotopic (exact) mass is 206 g/mol. The van der Waals surface area contributed by atoms with Crippen LogP contribution in [0.1, 0.15) is 37.3 Å². The average Bonchev–Trinajstić information content (AvgIpc) is 2.30. The van der Waals surface area contributed by atoms with Crippen molar-refractivity contribution in [3.63, 3.8) is 0 Å². The molecular formula is C12H18N2O. The highest BCUT2D eigenvalue weighted by molar-refractivity contribution is 6.00. The molecule has 3 N–H and O–H groups in total. The second kappa shape index (κ2) is 6.19. The SMILES string of the molecule is CCCCC(=NO)c1cccc(CN)c1. The fourth-order valence-corrected chi connectivity index (χ4v) is 1.47. The first kappa shape index (κ1) is 11.7. The standard InChI is InChI=1S/C12H18N2O/c1-2-3-7-12(14-15)11-6-4-5-10(8-11)9-13/h4-6,8,15H,2-3,7,9,13H2,1H3.